The van der Waals surface area contributed by atoms with Gasteiger partial charge in [0.25, 0.3) is 5.56 Å². The number of halogens is 1. The molecule has 1 N–H and O–H groups in total. The predicted molar refractivity (Wildman–Crippen MR) is 123 cm³/mol. The number of aromatic nitrogens is 1. The summed E-state index contributed by atoms with van der Waals surface area (Å²) in [5.41, 5.74) is 3.52. The van der Waals surface area contributed by atoms with Crippen LogP contribution in [0.25, 0.3) is 0 Å². The number of carboxylic acid groups (broad SMARTS) is 1. The number of aromatic carboxylic acids is 1. The molecule has 1 saturated heterocycles. The minimum absolute atomic E-state index is 0.122. The molecule has 2 fully saturated rings. The van der Waals surface area contributed by atoms with E-state index >= 15 is 0 Å². The lowest BCUT2D eigenvalue weighted by Crippen LogP contribution is -2.36. The monoisotopic (exact) mass is 442 g/mol. The van der Waals surface area contributed by atoms with Crippen LogP contribution in [0.3, 0.4) is 0 Å². The van der Waals surface area contributed by atoms with Gasteiger partial charge in [-0.15, -0.1) is 0 Å². The first kappa shape index (κ1) is 22.1. The van der Waals surface area contributed by atoms with Crippen molar-refractivity contribution in [1.29, 1.82) is 0 Å². The van der Waals surface area contributed by atoms with Crippen molar-refractivity contribution in [2.45, 2.75) is 71.0 Å². The molecule has 1 atom stereocenters. The Labute approximate surface area is 188 Å². The van der Waals surface area contributed by atoms with Crippen molar-refractivity contribution in [2.75, 3.05) is 6.54 Å². The molecule has 4 rings (SSSR count). The van der Waals surface area contributed by atoms with E-state index < -0.39 is 5.97 Å². The zero-order valence-electron chi connectivity index (χ0n) is 18.3. The van der Waals surface area contributed by atoms with E-state index in [9.17, 15) is 9.59 Å². The van der Waals surface area contributed by atoms with Crippen LogP contribution >= 0.6 is 11.6 Å². The summed E-state index contributed by atoms with van der Waals surface area (Å²) in [7, 11) is 0. The Morgan fingerprint density at radius 3 is 2.52 bits per heavy atom. The summed E-state index contributed by atoms with van der Waals surface area (Å²) in [6.07, 6.45) is 5.39. The van der Waals surface area contributed by atoms with E-state index in [2.05, 4.69) is 18.7 Å². The molecule has 1 aromatic heterocycles. The molecule has 5 nitrogen and oxygen atoms in total. The van der Waals surface area contributed by atoms with Gasteiger partial charge in [-0.25, -0.2) is 4.79 Å². The predicted octanol–water partition coefficient (Wildman–Crippen LogP) is 4.94. The highest BCUT2D eigenvalue weighted by Gasteiger charge is 2.32. The first-order valence-corrected chi connectivity index (χ1v) is 11.7. The molecule has 1 saturated carbocycles. The Morgan fingerprint density at radius 2 is 1.90 bits per heavy atom. The number of hydrogen-bond acceptors (Lipinski definition) is 3. The lowest BCUT2D eigenvalue weighted by atomic mass is 10.0. The quantitative estimate of drug-likeness (QED) is 0.628. The zero-order chi connectivity index (χ0) is 22.1. The van der Waals surface area contributed by atoms with Gasteiger partial charge in [0.2, 0.25) is 0 Å². The number of rotatable bonds is 8. The van der Waals surface area contributed by atoms with E-state index in [4.69, 9.17) is 16.7 Å². The summed E-state index contributed by atoms with van der Waals surface area (Å²) in [5.74, 6) is 0.167. The van der Waals surface area contributed by atoms with Crippen molar-refractivity contribution in [3.05, 3.63) is 68.1 Å². The van der Waals surface area contributed by atoms with Crippen molar-refractivity contribution >= 4 is 17.6 Å². The van der Waals surface area contributed by atoms with Crippen LogP contribution in [0, 0.1) is 5.92 Å². The normalized spacial score (nSPS) is 19.3. The fourth-order valence-electron chi connectivity index (χ4n) is 4.90. The highest BCUT2D eigenvalue weighted by molar-refractivity contribution is 6.30. The van der Waals surface area contributed by atoms with Crippen LogP contribution in [-0.4, -0.2) is 33.1 Å². The van der Waals surface area contributed by atoms with Gasteiger partial charge in [-0.3, -0.25) is 9.69 Å². The van der Waals surface area contributed by atoms with E-state index in [1.54, 1.807) is 12.1 Å². The molecule has 1 aromatic carbocycles. The molecule has 0 radical (unpaired) electrons. The van der Waals surface area contributed by atoms with Gasteiger partial charge in [-0.05, 0) is 79.8 Å². The smallest absolute Gasteiger partial charge is 0.335 e. The van der Waals surface area contributed by atoms with Crippen LogP contribution < -0.4 is 5.56 Å². The minimum Gasteiger partial charge on any atom is -0.478 e. The van der Waals surface area contributed by atoms with Crippen molar-refractivity contribution in [2.24, 2.45) is 5.92 Å². The zero-order valence-corrected chi connectivity index (χ0v) is 19.1. The summed E-state index contributed by atoms with van der Waals surface area (Å²) < 4.78 is 1.89. The van der Waals surface area contributed by atoms with Gasteiger partial charge in [0.1, 0.15) is 5.02 Å². The number of carboxylic acids is 1. The fourth-order valence-corrected chi connectivity index (χ4v) is 5.12. The minimum atomic E-state index is -0.931. The molecule has 1 aliphatic heterocycles. The maximum absolute atomic E-state index is 13.1. The van der Waals surface area contributed by atoms with E-state index in [1.165, 1.54) is 18.4 Å². The fraction of sp³-hybridized carbons (Fsp3) is 0.520. The number of benzene rings is 1. The number of pyridine rings is 1. The lowest BCUT2D eigenvalue weighted by molar-refractivity contribution is 0.0697. The van der Waals surface area contributed by atoms with Crippen molar-refractivity contribution < 1.29 is 9.90 Å². The molecule has 0 bridgehead atoms. The lowest BCUT2D eigenvalue weighted by Gasteiger charge is -2.30. The number of aryl methyl sites for hydroxylation is 1. The van der Waals surface area contributed by atoms with Crippen LogP contribution in [0.4, 0.5) is 0 Å². The average Bonchev–Trinajstić information content (AvgIpc) is 3.48. The van der Waals surface area contributed by atoms with Crippen LogP contribution in [0.1, 0.15) is 72.6 Å². The summed E-state index contributed by atoms with van der Waals surface area (Å²) in [6, 6.07) is 9.36. The Bertz CT molecular complexity index is 1010. The van der Waals surface area contributed by atoms with E-state index in [-0.39, 0.29) is 11.1 Å². The molecule has 0 spiro atoms. The summed E-state index contributed by atoms with van der Waals surface area (Å²) in [4.78, 5) is 26.7. The second-order valence-corrected chi connectivity index (χ2v) is 9.71. The Morgan fingerprint density at radius 1 is 1.19 bits per heavy atom. The van der Waals surface area contributed by atoms with Gasteiger partial charge in [0.05, 0.1) is 5.56 Å². The van der Waals surface area contributed by atoms with Gasteiger partial charge in [0.15, 0.2) is 0 Å². The molecule has 2 aromatic rings. The largest absolute Gasteiger partial charge is 0.478 e. The Hall–Kier alpha value is -2.11. The number of hydrogen-bond donors (Lipinski definition) is 1. The summed E-state index contributed by atoms with van der Waals surface area (Å²) >= 11 is 6.38. The number of likely N-dealkylation sites (tertiary alicyclic amines) is 1. The third kappa shape index (κ3) is 4.88. The molecule has 31 heavy (non-hydrogen) atoms. The molecule has 2 heterocycles. The molecule has 0 amide bonds. The van der Waals surface area contributed by atoms with Crippen LogP contribution in [-0.2, 0) is 19.5 Å². The standard InChI is InChI=1S/C25H31ClN2O3/c1-16(2)22-4-3-12-27(22)15-23-20(18-9-10-18)14-21(26)24(29)28(23)13-11-17-5-7-19(8-6-17)25(30)31/h5-8,14,16,18,22H,3-4,9-13,15H2,1-2H3,(H,30,31)/t22-/m0/s1. The van der Waals surface area contributed by atoms with E-state index in [0.717, 1.165) is 37.2 Å². The molecule has 6 heteroatoms. The molecular formula is C25H31ClN2O3. The van der Waals surface area contributed by atoms with Gasteiger partial charge in [0, 0.05) is 24.8 Å². The highest BCUT2D eigenvalue weighted by Crippen LogP contribution is 2.42. The van der Waals surface area contributed by atoms with Crippen LogP contribution in [0.5, 0.6) is 0 Å². The Balaban J connectivity index is 1.64. The van der Waals surface area contributed by atoms with Gasteiger partial charge in [-0.1, -0.05) is 37.6 Å². The third-order valence-electron chi connectivity index (χ3n) is 6.77. The maximum Gasteiger partial charge on any atom is 0.335 e. The third-order valence-corrected chi connectivity index (χ3v) is 7.04. The summed E-state index contributed by atoms with van der Waals surface area (Å²) in [5, 5.41) is 9.41. The Kier molecular flexibility index (Phi) is 6.54. The van der Waals surface area contributed by atoms with Crippen molar-refractivity contribution in [1.82, 2.24) is 9.47 Å². The van der Waals surface area contributed by atoms with Crippen molar-refractivity contribution in [3.8, 4) is 0 Å². The van der Waals surface area contributed by atoms with Gasteiger partial charge >= 0.3 is 5.97 Å². The van der Waals surface area contributed by atoms with E-state index in [0.29, 0.717) is 35.9 Å². The average molecular weight is 443 g/mol. The molecule has 2 aliphatic rings. The second kappa shape index (κ2) is 9.17. The first-order chi connectivity index (χ1) is 14.8. The molecular weight excluding hydrogens is 412 g/mol. The topological polar surface area (TPSA) is 62.5 Å². The molecule has 0 unspecified atom stereocenters. The second-order valence-electron chi connectivity index (χ2n) is 9.30. The van der Waals surface area contributed by atoms with Crippen molar-refractivity contribution in [3.63, 3.8) is 0 Å². The van der Waals surface area contributed by atoms with Crippen LogP contribution in [0.2, 0.25) is 5.02 Å². The van der Waals surface area contributed by atoms with Gasteiger partial charge in [-0.2, -0.15) is 0 Å². The SMILES string of the molecule is CC(C)[C@@H]1CCCN1Cc1c(C2CC2)cc(Cl)c(=O)n1CCc1ccc(C(=O)O)cc1. The van der Waals surface area contributed by atoms with Crippen LogP contribution in [0.15, 0.2) is 35.1 Å². The maximum atomic E-state index is 13.1. The molecule has 1 aliphatic carbocycles. The summed E-state index contributed by atoms with van der Waals surface area (Å²) in [6.45, 7) is 6.96. The number of nitrogens with zero attached hydrogens (tertiary/aromatic N) is 2. The molecule has 166 valence electrons. The van der Waals surface area contributed by atoms with E-state index in [1.807, 2.05) is 22.8 Å². The highest BCUT2D eigenvalue weighted by atomic mass is 35.5. The first-order valence-electron chi connectivity index (χ1n) is 11.3. The number of carbonyl (C=O) groups is 1. The van der Waals surface area contributed by atoms with Gasteiger partial charge < -0.3 is 9.67 Å².